The van der Waals surface area contributed by atoms with Crippen molar-refractivity contribution < 1.29 is 18.0 Å². The molecule has 0 atom stereocenters. The van der Waals surface area contributed by atoms with E-state index in [1.807, 2.05) is 13.0 Å². The number of carbonyl (C=O) groups is 1. The molecule has 2 aromatic carbocycles. The van der Waals surface area contributed by atoms with E-state index in [9.17, 15) is 18.0 Å². The van der Waals surface area contributed by atoms with Gasteiger partial charge in [-0.2, -0.15) is 22.5 Å². The van der Waals surface area contributed by atoms with Crippen LogP contribution in [0.1, 0.15) is 27.2 Å². The van der Waals surface area contributed by atoms with Crippen LogP contribution in [0.25, 0.3) is 17.2 Å². The summed E-state index contributed by atoms with van der Waals surface area (Å²) in [5, 5.41) is 10.9. The predicted octanol–water partition coefficient (Wildman–Crippen LogP) is 4.67. The normalized spacial score (nSPS) is 11.5. The Morgan fingerprint density at radius 2 is 1.87 bits per heavy atom. The number of hydrogen-bond donors (Lipinski definition) is 1. The minimum atomic E-state index is -4.46. The van der Waals surface area contributed by atoms with E-state index in [-0.39, 0.29) is 22.6 Å². The molecule has 0 radical (unpaired) electrons. The molecule has 158 valence electrons. The first-order valence-electron chi connectivity index (χ1n) is 9.04. The fourth-order valence-corrected chi connectivity index (χ4v) is 3.49. The maximum atomic E-state index is 13.0. The average Bonchev–Trinajstić information content (AvgIpc) is 3.33. The summed E-state index contributed by atoms with van der Waals surface area (Å²) in [5.74, 6) is -0.101. The minimum absolute atomic E-state index is 0.217. The Bertz CT molecular complexity index is 1260. The Balaban J connectivity index is 1.58. The molecule has 0 saturated heterocycles. The van der Waals surface area contributed by atoms with Gasteiger partial charge in [-0.25, -0.2) is 4.68 Å². The molecule has 11 heteroatoms. The standard InChI is InChI=1S/C20H15F3N6OS/c1-11-5-3-6-13(9-11)18(30)25-19-24-17(27-31-19)16-12(2)29(28-26-16)15-8-4-7-14(10-15)20(21,22)23/h3-10H,1-2H3,(H,24,25,27,30). The summed E-state index contributed by atoms with van der Waals surface area (Å²) in [6.07, 6.45) is -4.46. The van der Waals surface area contributed by atoms with E-state index in [4.69, 9.17) is 0 Å². The number of benzene rings is 2. The summed E-state index contributed by atoms with van der Waals surface area (Å²) >= 11 is 0.972. The summed E-state index contributed by atoms with van der Waals surface area (Å²) in [4.78, 5) is 16.7. The van der Waals surface area contributed by atoms with Crippen molar-refractivity contribution >= 4 is 22.6 Å². The van der Waals surface area contributed by atoms with E-state index in [0.29, 0.717) is 17.0 Å². The highest BCUT2D eigenvalue weighted by Gasteiger charge is 2.31. The lowest BCUT2D eigenvalue weighted by atomic mass is 10.1. The predicted molar refractivity (Wildman–Crippen MR) is 109 cm³/mol. The van der Waals surface area contributed by atoms with Gasteiger partial charge in [0.05, 0.1) is 16.9 Å². The van der Waals surface area contributed by atoms with Gasteiger partial charge in [-0.05, 0) is 44.2 Å². The summed E-state index contributed by atoms with van der Waals surface area (Å²) in [7, 11) is 0. The number of amides is 1. The zero-order chi connectivity index (χ0) is 22.2. The third-order valence-electron chi connectivity index (χ3n) is 4.45. The van der Waals surface area contributed by atoms with Crippen molar-refractivity contribution in [3.8, 4) is 17.2 Å². The molecule has 0 bridgehead atoms. The fourth-order valence-electron chi connectivity index (χ4n) is 2.92. The summed E-state index contributed by atoms with van der Waals surface area (Å²) in [6.45, 7) is 3.54. The van der Waals surface area contributed by atoms with Crippen molar-refractivity contribution in [3.05, 3.63) is 70.9 Å². The zero-order valence-corrected chi connectivity index (χ0v) is 17.1. The van der Waals surface area contributed by atoms with Gasteiger partial charge in [-0.1, -0.05) is 29.0 Å². The molecule has 0 unspecified atom stereocenters. The van der Waals surface area contributed by atoms with E-state index in [2.05, 4.69) is 25.0 Å². The molecule has 0 aliphatic carbocycles. The number of aromatic nitrogens is 5. The first-order valence-corrected chi connectivity index (χ1v) is 9.82. The number of alkyl halides is 3. The summed E-state index contributed by atoms with van der Waals surface area (Å²) < 4.78 is 44.5. The highest BCUT2D eigenvalue weighted by atomic mass is 32.1. The summed E-state index contributed by atoms with van der Waals surface area (Å²) in [6, 6.07) is 11.9. The number of rotatable bonds is 4. The molecule has 0 aliphatic rings. The molecule has 2 aromatic heterocycles. The maximum Gasteiger partial charge on any atom is 0.416 e. The second-order valence-corrected chi connectivity index (χ2v) is 7.48. The largest absolute Gasteiger partial charge is 0.416 e. The lowest BCUT2D eigenvalue weighted by Gasteiger charge is -2.09. The van der Waals surface area contributed by atoms with Crippen molar-refractivity contribution in [1.29, 1.82) is 0 Å². The van der Waals surface area contributed by atoms with Gasteiger partial charge in [0.25, 0.3) is 5.91 Å². The molecular formula is C20H15F3N6OS. The smallest absolute Gasteiger partial charge is 0.297 e. The van der Waals surface area contributed by atoms with Crippen LogP contribution in [0.15, 0.2) is 48.5 Å². The Hall–Kier alpha value is -3.60. The highest BCUT2D eigenvalue weighted by Crippen LogP contribution is 2.31. The van der Waals surface area contributed by atoms with Gasteiger partial charge in [-0.15, -0.1) is 5.10 Å². The SMILES string of the molecule is Cc1cccc(C(=O)Nc2nc(-c3nnn(-c4cccc(C(F)(F)F)c4)c3C)ns2)c1. The van der Waals surface area contributed by atoms with E-state index >= 15 is 0 Å². The molecule has 31 heavy (non-hydrogen) atoms. The Labute approximate surface area is 178 Å². The van der Waals surface area contributed by atoms with Crippen molar-refractivity contribution in [1.82, 2.24) is 24.4 Å². The van der Waals surface area contributed by atoms with Crippen molar-refractivity contribution in [2.45, 2.75) is 20.0 Å². The van der Waals surface area contributed by atoms with Gasteiger partial charge in [0.15, 0.2) is 11.5 Å². The van der Waals surface area contributed by atoms with Crippen LogP contribution in [0.2, 0.25) is 0 Å². The third-order valence-corrected chi connectivity index (χ3v) is 5.08. The molecule has 7 nitrogen and oxygen atoms in total. The van der Waals surface area contributed by atoms with E-state index in [1.54, 1.807) is 25.1 Å². The molecule has 4 rings (SSSR count). The van der Waals surface area contributed by atoms with E-state index < -0.39 is 11.7 Å². The van der Waals surface area contributed by atoms with Crippen LogP contribution in [-0.2, 0) is 6.18 Å². The molecule has 0 aliphatic heterocycles. The average molecular weight is 444 g/mol. The maximum absolute atomic E-state index is 13.0. The first kappa shape index (κ1) is 20.7. The molecule has 1 N–H and O–H groups in total. The van der Waals surface area contributed by atoms with Crippen LogP contribution in [-0.4, -0.2) is 30.3 Å². The summed E-state index contributed by atoms with van der Waals surface area (Å²) in [5.41, 5.74) is 1.65. The van der Waals surface area contributed by atoms with Crippen molar-refractivity contribution in [3.63, 3.8) is 0 Å². The third kappa shape index (κ3) is 4.31. The lowest BCUT2D eigenvalue weighted by molar-refractivity contribution is -0.137. The Morgan fingerprint density at radius 3 is 2.61 bits per heavy atom. The molecule has 0 saturated carbocycles. The number of halogens is 3. The number of hydrogen-bond acceptors (Lipinski definition) is 6. The fraction of sp³-hybridized carbons (Fsp3) is 0.150. The molecular weight excluding hydrogens is 429 g/mol. The van der Waals surface area contributed by atoms with E-state index in [1.165, 1.54) is 16.8 Å². The number of nitrogens with one attached hydrogen (secondary N) is 1. The molecule has 0 spiro atoms. The number of nitrogens with zero attached hydrogens (tertiary/aromatic N) is 5. The van der Waals surface area contributed by atoms with Crippen molar-refractivity contribution in [2.75, 3.05) is 5.32 Å². The second-order valence-electron chi connectivity index (χ2n) is 6.73. The zero-order valence-electron chi connectivity index (χ0n) is 16.3. The molecule has 2 heterocycles. The number of aryl methyl sites for hydroxylation is 1. The van der Waals surface area contributed by atoms with Crippen LogP contribution in [0.5, 0.6) is 0 Å². The topological polar surface area (TPSA) is 85.6 Å². The molecule has 0 fully saturated rings. The van der Waals surface area contributed by atoms with Gasteiger partial charge in [0.2, 0.25) is 5.13 Å². The number of carbonyl (C=O) groups excluding carboxylic acids is 1. The van der Waals surface area contributed by atoms with Crippen molar-refractivity contribution in [2.24, 2.45) is 0 Å². The van der Waals surface area contributed by atoms with Gasteiger partial charge in [0, 0.05) is 17.1 Å². The molecule has 1 amide bonds. The van der Waals surface area contributed by atoms with Crippen LogP contribution in [0, 0.1) is 13.8 Å². The Morgan fingerprint density at radius 1 is 1.10 bits per heavy atom. The van der Waals surface area contributed by atoms with Crippen LogP contribution in [0.4, 0.5) is 18.3 Å². The first-order chi connectivity index (χ1) is 14.7. The Kier molecular flexibility index (Phi) is 5.27. The van der Waals surface area contributed by atoms with Gasteiger partial charge >= 0.3 is 6.18 Å². The lowest BCUT2D eigenvalue weighted by Crippen LogP contribution is -2.11. The number of anilines is 1. The molecule has 4 aromatic rings. The van der Waals surface area contributed by atoms with Gasteiger partial charge in [0.1, 0.15) is 0 Å². The second kappa shape index (κ2) is 7.91. The van der Waals surface area contributed by atoms with E-state index in [0.717, 1.165) is 29.2 Å². The minimum Gasteiger partial charge on any atom is -0.297 e. The monoisotopic (exact) mass is 444 g/mol. The van der Waals surface area contributed by atoms with Crippen LogP contribution >= 0.6 is 11.5 Å². The quantitative estimate of drug-likeness (QED) is 0.494. The van der Waals surface area contributed by atoms with Crippen LogP contribution < -0.4 is 5.32 Å². The van der Waals surface area contributed by atoms with Gasteiger partial charge < -0.3 is 0 Å². The van der Waals surface area contributed by atoms with Crippen LogP contribution in [0.3, 0.4) is 0 Å². The highest BCUT2D eigenvalue weighted by molar-refractivity contribution is 7.10. The van der Waals surface area contributed by atoms with Gasteiger partial charge in [-0.3, -0.25) is 10.1 Å².